The molecule has 5 rings (SSSR count). The Balaban J connectivity index is 1.44. The van der Waals surface area contributed by atoms with Crippen LogP contribution in [0.5, 0.6) is 0 Å². The molecule has 1 amide bonds. The molecule has 2 aromatic carbocycles. The summed E-state index contributed by atoms with van der Waals surface area (Å²) in [6.45, 7) is 0. The monoisotopic (exact) mass is 513 g/mol. The number of carboxylic acid groups (broad SMARTS) is 1. The second-order valence-corrected chi connectivity index (χ2v) is 9.23. The van der Waals surface area contributed by atoms with E-state index in [2.05, 4.69) is 10.3 Å². The Bertz CT molecular complexity index is 1470. The summed E-state index contributed by atoms with van der Waals surface area (Å²) in [4.78, 5) is 28.9. The number of pyridine rings is 1. The maximum atomic E-state index is 13.4. The molecule has 0 aliphatic heterocycles. The Morgan fingerprint density at radius 2 is 1.72 bits per heavy atom. The third kappa shape index (κ3) is 4.54. The molecule has 0 saturated heterocycles. The van der Waals surface area contributed by atoms with Gasteiger partial charge in [-0.15, -0.1) is 0 Å². The highest BCUT2D eigenvalue weighted by Crippen LogP contribution is 2.45. The molecular weight excluding hydrogens is 495 g/mol. The lowest BCUT2D eigenvalue weighted by Gasteiger charge is -2.19. The number of benzene rings is 2. The second-order valence-electron chi connectivity index (χ2n) is 8.79. The van der Waals surface area contributed by atoms with Crippen LogP contribution in [0.3, 0.4) is 0 Å². The number of rotatable bonds is 6. The van der Waals surface area contributed by atoms with Gasteiger partial charge < -0.3 is 10.4 Å². The van der Waals surface area contributed by atoms with E-state index in [-0.39, 0.29) is 17.7 Å². The van der Waals surface area contributed by atoms with Crippen molar-refractivity contribution < 1.29 is 27.9 Å². The van der Waals surface area contributed by atoms with Crippen molar-refractivity contribution in [2.45, 2.75) is 31.0 Å². The van der Waals surface area contributed by atoms with Crippen molar-refractivity contribution in [1.82, 2.24) is 14.7 Å². The molecule has 0 atom stereocenters. The van der Waals surface area contributed by atoms with Gasteiger partial charge in [0.1, 0.15) is 11.3 Å². The number of aromatic nitrogens is 2. The Labute approximate surface area is 208 Å². The first-order valence-electron chi connectivity index (χ1n) is 11.0. The van der Waals surface area contributed by atoms with E-state index >= 15 is 0 Å². The van der Waals surface area contributed by atoms with Crippen molar-refractivity contribution in [2.24, 2.45) is 0 Å². The van der Waals surface area contributed by atoms with Crippen LogP contribution < -0.4 is 5.32 Å². The molecule has 6 nitrogen and oxygen atoms in total. The summed E-state index contributed by atoms with van der Waals surface area (Å²) < 4.78 is 40.4. The number of hydrogen-bond donors (Lipinski definition) is 2. The summed E-state index contributed by atoms with van der Waals surface area (Å²) >= 11 is 6.25. The van der Waals surface area contributed by atoms with E-state index in [4.69, 9.17) is 16.7 Å². The quantitative estimate of drug-likeness (QED) is 0.346. The number of nitrogens with one attached hydrogen (secondary N) is 1. The lowest BCUT2D eigenvalue weighted by atomic mass is 10.0. The van der Waals surface area contributed by atoms with Gasteiger partial charge in [-0.2, -0.15) is 13.2 Å². The predicted molar refractivity (Wildman–Crippen MR) is 126 cm³/mol. The Kier molecular flexibility index (Phi) is 5.75. The molecule has 1 aliphatic rings. The van der Waals surface area contributed by atoms with Gasteiger partial charge in [-0.05, 0) is 54.3 Å². The van der Waals surface area contributed by atoms with Gasteiger partial charge in [0.2, 0.25) is 0 Å². The van der Waals surface area contributed by atoms with Crippen LogP contribution in [0, 0.1) is 0 Å². The molecule has 0 unspecified atom stereocenters. The number of halogens is 4. The van der Waals surface area contributed by atoms with Crippen molar-refractivity contribution in [3.05, 3.63) is 106 Å². The summed E-state index contributed by atoms with van der Waals surface area (Å²) in [5.74, 6) is -1.42. The molecule has 10 heteroatoms. The molecular formula is C26H19ClF3N3O3. The smallest absolute Gasteiger partial charge is 0.416 e. The van der Waals surface area contributed by atoms with Gasteiger partial charge in [0.15, 0.2) is 0 Å². The van der Waals surface area contributed by atoms with E-state index in [9.17, 15) is 22.8 Å². The second kappa shape index (κ2) is 8.67. The zero-order valence-corrected chi connectivity index (χ0v) is 19.4. The third-order valence-corrected chi connectivity index (χ3v) is 6.55. The fraction of sp³-hybridized carbons (Fsp3) is 0.192. The van der Waals surface area contributed by atoms with Crippen LogP contribution in [0.15, 0.2) is 66.9 Å². The average molecular weight is 514 g/mol. The van der Waals surface area contributed by atoms with Crippen molar-refractivity contribution in [1.29, 1.82) is 0 Å². The fourth-order valence-corrected chi connectivity index (χ4v) is 4.48. The maximum Gasteiger partial charge on any atom is 0.416 e. The first-order chi connectivity index (χ1) is 17.1. The summed E-state index contributed by atoms with van der Waals surface area (Å²) in [5.41, 5.74) is 1.53. The minimum atomic E-state index is -4.42. The number of carbonyl (C=O) groups is 2. The molecule has 0 radical (unpaired) electrons. The van der Waals surface area contributed by atoms with Gasteiger partial charge in [-0.3, -0.25) is 9.20 Å². The van der Waals surface area contributed by atoms with Crippen LogP contribution in [-0.2, 0) is 18.1 Å². The molecule has 184 valence electrons. The van der Waals surface area contributed by atoms with Gasteiger partial charge in [0.05, 0.1) is 16.7 Å². The topological polar surface area (TPSA) is 83.7 Å². The lowest BCUT2D eigenvalue weighted by molar-refractivity contribution is -0.137. The van der Waals surface area contributed by atoms with Crippen LogP contribution in [0.4, 0.5) is 13.2 Å². The largest absolute Gasteiger partial charge is 0.478 e. The van der Waals surface area contributed by atoms with E-state index in [1.54, 1.807) is 28.8 Å². The number of alkyl halides is 3. The van der Waals surface area contributed by atoms with Gasteiger partial charge in [0, 0.05) is 29.4 Å². The number of carbonyl (C=O) groups excluding carboxylic acids is 1. The van der Waals surface area contributed by atoms with Crippen LogP contribution in [0.2, 0.25) is 5.02 Å². The average Bonchev–Trinajstić information content (AvgIpc) is 3.51. The molecule has 0 bridgehead atoms. The molecule has 0 spiro atoms. The van der Waals surface area contributed by atoms with Crippen molar-refractivity contribution >= 4 is 29.1 Å². The number of fused-ring (bicyclic) bond motifs is 1. The maximum absolute atomic E-state index is 13.4. The normalized spacial score (nSPS) is 14.6. The molecule has 36 heavy (non-hydrogen) atoms. The Morgan fingerprint density at radius 1 is 1.06 bits per heavy atom. The molecule has 2 N–H and O–H groups in total. The van der Waals surface area contributed by atoms with E-state index in [1.165, 1.54) is 30.3 Å². The number of amides is 1. The zero-order valence-electron chi connectivity index (χ0n) is 18.6. The van der Waals surface area contributed by atoms with Crippen LogP contribution in [0.25, 0.3) is 5.65 Å². The first-order valence-corrected chi connectivity index (χ1v) is 11.4. The molecule has 2 heterocycles. The van der Waals surface area contributed by atoms with E-state index in [1.807, 2.05) is 0 Å². The molecule has 1 fully saturated rings. The highest BCUT2D eigenvalue weighted by Gasteiger charge is 2.46. The summed E-state index contributed by atoms with van der Waals surface area (Å²) in [6, 6.07) is 14.4. The Hall–Kier alpha value is -3.85. The van der Waals surface area contributed by atoms with Crippen LogP contribution >= 0.6 is 11.6 Å². The van der Waals surface area contributed by atoms with E-state index in [0.29, 0.717) is 34.8 Å². The minimum absolute atomic E-state index is 0.156. The molecule has 1 aliphatic carbocycles. The number of aromatic carboxylic acids is 1. The van der Waals surface area contributed by atoms with Gasteiger partial charge in [-0.1, -0.05) is 35.9 Å². The van der Waals surface area contributed by atoms with E-state index < -0.39 is 29.2 Å². The van der Waals surface area contributed by atoms with Crippen LogP contribution in [-0.4, -0.2) is 26.4 Å². The highest BCUT2D eigenvalue weighted by atomic mass is 35.5. The summed E-state index contributed by atoms with van der Waals surface area (Å²) in [7, 11) is 0. The zero-order chi connectivity index (χ0) is 25.7. The van der Waals surface area contributed by atoms with Gasteiger partial charge >= 0.3 is 12.1 Å². The van der Waals surface area contributed by atoms with Crippen molar-refractivity contribution in [2.75, 3.05) is 0 Å². The van der Waals surface area contributed by atoms with Crippen LogP contribution in [0.1, 0.15) is 56.1 Å². The summed E-state index contributed by atoms with van der Waals surface area (Å²) in [6.07, 6.45) is -1.22. The first kappa shape index (κ1) is 23.9. The highest BCUT2D eigenvalue weighted by molar-refractivity contribution is 6.31. The summed E-state index contributed by atoms with van der Waals surface area (Å²) in [5, 5.41) is 12.5. The number of imidazole rings is 1. The van der Waals surface area contributed by atoms with Gasteiger partial charge in [-0.25, -0.2) is 9.78 Å². The molecule has 2 aromatic heterocycles. The minimum Gasteiger partial charge on any atom is -0.478 e. The molecule has 4 aromatic rings. The SMILES string of the molecule is O=C(O)c1ccc(C2(NC(=O)c3cc(Cl)cc4ncc(Cc5ccc(C(F)(F)F)cc5)n34)CC2)cc1. The Morgan fingerprint density at radius 3 is 2.31 bits per heavy atom. The number of nitrogens with zero attached hydrogens (tertiary/aromatic N) is 2. The predicted octanol–water partition coefficient (Wildman–Crippen LogP) is 5.71. The third-order valence-electron chi connectivity index (χ3n) is 6.33. The van der Waals surface area contributed by atoms with Crippen molar-refractivity contribution in [3.8, 4) is 0 Å². The van der Waals surface area contributed by atoms with Gasteiger partial charge in [0.25, 0.3) is 5.91 Å². The number of hydrogen-bond acceptors (Lipinski definition) is 3. The standard InChI is InChI=1S/C26H19ClF3N3O3/c27-19-12-21(23(34)32-25(9-10-25)17-7-3-16(4-8-17)24(35)36)33-20(14-31-22(33)13-19)11-15-1-5-18(6-2-15)26(28,29)30/h1-8,12-14H,9-11H2,(H,32,34)(H,35,36). The lowest BCUT2D eigenvalue weighted by Crippen LogP contribution is -2.36. The number of carboxylic acids is 1. The van der Waals surface area contributed by atoms with Crippen molar-refractivity contribution in [3.63, 3.8) is 0 Å². The molecule has 1 saturated carbocycles. The van der Waals surface area contributed by atoms with E-state index in [0.717, 1.165) is 17.7 Å². The fourth-order valence-electron chi connectivity index (χ4n) is 4.28.